The molecule has 0 N–H and O–H groups in total. The minimum atomic E-state index is -0.156. The van der Waals surface area contributed by atoms with E-state index in [1.54, 1.807) is 0 Å². The fourth-order valence-corrected chi connectivity index (χ4v) is 9.62. The van der Waals surface area contributed by atoms with Crippen molar-refractivity contribution in [3.63, 3.8) is 0 Å². The second-order valence-electron chi connectivity index (χ2n) is 11.6. The minimum absolute atomic E-state index is 0.0173. The van der Waals surface area contributed by atoms with Gasteiger partial charge in [-0.25, -0.2) is 0 Å². The normalized spacial score (nSPS) is 24.5. The molecule has 0 aliphatic carbocycles. The van der Waals surface area contributed by atoms with Gasteiger partial charge in [0.1, 0.15) is 0 Å². The van der Waals surface area contributed by atoms with Gasteiger partial charge in [-0.15, -0.1) is 0 Å². The molecule has 188 valence electrons. The first-order chi connectivity index (χ1) is 15.4. The first-order valence-corrected chi connectivity index (χ1v) is 17.1. The summed E-state index contributed by atoms with van der Waals surface area (Å²) in [6.45, 7) is 11.1. The van der Waals surface area contributed by atoms with E-state index < -0.39 is 0 Å². The van der Waals surface area contributed by atoms with Crippen molar-refractivity contribution in [1.82, 2.24) is 0 Å². The number of rotatable bonds is 18. The van der Waals surface area contributed by atoms with Crippen LogP contribution in [-0.4, -0.2) is 39.2 Å². The average molecular weight is 562 g/mol. The molecule has 0 bridgehead atoms. The Hall–Kier alpha value is 0.775. The quantitative estimate of drug-likeness (QED) is 0.123. The van der Waals surface area contributed by atoms with Crippen molar-refractivity contribution >= 4 is 28.0 Å². The van der Waals surface area contributed by atoms with Crippen LogP contribution in [0.5, 0.6) is 0 Å². The molecule has 0 amide bonds. The fraction of sp³-hybridized carbons (Fsp3) is 1.00. The molecule has 0 spiro atoms. The number of hydrogen-bond acceptors (Lipinski definition) is 2. The molecular formula is C28H55BO2Te. The van der Waals surface area contributed by atoms with Crippen LogP contribution >= 0.6 is 0 Å². The molecule has 32 heavy (non-hydrogen) atoms. The summed E-state index contributed by atoms with van der Waals surface area (Å²) in [5.41, 5.74) is -0.312. The molecule has 0 aromatic carbocycles. The van der Waals surface area contributed by atoms with Gasteiger partial charge in [-0.1, -0.05) is 45.4 Å². The standard InChI is InChI=1S/C28H55BO2Te/c1-6-7-8-9-10-11-12-13-14-15-16-17-18-19-20-21-22-25-23-24-26(32-25)29-30-27(2,3)28(4,5)31-29/h25-26H,6-24H2,1-5H3. The molecule has 0 aromatic heterocycles. The topological polar surface area (TPSA) is 18.5 Å². The van der Waals surface area contributed by atoms with Gasteiger partial charge in [0.2, 0.25) is 0 Å². The molecule has 2 unspecified atom stereocenters. The summed E-state index contributed by atoms with van der Waals surface area (Å²) >= 11 is 0.0173. The van der Waals surface area contributed by atoms with Crippen molar-refractivity contribution in [3.8, 4) is 0 Å². The van der Waals surface area contributed by atoms with Gasteiger partial charge in [-0.05, 0) is 0 Å². The zero-order chi connectivity index (χ0) is 23.3. The second kappa shape index (κ2) is 15.7. The monoisotopic (exact) mass is 564 g/mol. The van der Waals surface area contributed by atoms with E-state index in [-0.39, 0.29) is 39.2 Å². The van der Waals surface area contributed by atoms with Gasteiger partial charge in [-0.3, -0.25) is 0 Å². The first kappa shape index (κ1) is 29.0. The summed E-state index contributed by atoms with van der Waals surface area (Å²) in [6.07, 6.45) is 27.7. The zero-order valence-electron chi connectivity index (χ0n) is 22.4. The maximum absolute atomic E-state index is 6.34. The molecule has 0 aromatic rings. The Morgan fingerprint density at radius 3 is 1.47 bits per heavy atom. The van der Waals surface area contributed by atoms with E-state index >= 15 is 0 Å². The van der Waals surface area contributed by atoms with E-state index in [4.69, 9.17) is 9.31 Å². The molecular weight excluding hydrogens is 507 g/mol. The molecule has 2 nitrogen and oxygen atoms in total. The van der Waals surface area contributed by atoms with Crippen LogP contribution in [-0.2, 0) is 9.31 Å². The maximum atomic E-state index is 6.34. The van der Waals surface area contributed by atoms with Gasteiger partial charge in [0.25, 0.3) is 0 Å². The van der Waals surface area contributed by atoms with Crippen molar-refractivity contribution in [2.24, 2.45) is 0 Å². The summed E-state index contributed by atoms with van der Waals surface area (Å²) in [6, 6.07) is 0. The van der Waals surface area contributed by atoms with E-state index in [1.807, 2.05) is 0 Å². The van der Waals surface area contributed by atoms with Crippen molar-refractivity contribution in [2.75, 3.05) is 0 Å². The third kappa shape index (κ3) is 10.6. The average Bonchev–Trinajstić information content (AvgIpc) is 3.29. The van der Waals surface area contributed by atoms with Crippen LogP contribution in [0.4, 0.5) is 0 Å². The number of hydrogen-bond donors (Lipinski definition) is 0. The summed E-state index contributed by atoms with van der Waals surface area (Å²) in [4.78, 5) is 0. The Bertz CT molecular complexity index is 466. The summed E-state index contributed by atoms with van der Waals surface area (Å²) in [7, 11) is 0.0817. The van der Waals surface area contributed by atoms with Crippen LogP contribution in [0.25, 0.3) is 0 Å². The Morgan fingerprint density at radius 2 is 1.03 bits per heavy atom. The first-order valence-electron chi connectivity index (χ1n) is 14.4. The number of unbranched alkanes of at least 4 members (excludes halogenated alkanes) is 15. The van der Waals surface area contributed by atoms with Crippen LogP contribution in [0.15, 0.2) is 0 Å². The van der Waals surface area contributed by atoms with Crippen LogP contribution in [0, 0.1) is 0 Å². The predicted molar refractivity (Wildman–Crippen MR) is 143 cm³/mol. The Labute approximate surface area is 212 Å². The summed E-state index contributed by atoms with van der Waals surface area (Å²) in [5.74, 6) is 0. The molecule has 2 heterocycles. The zero-order valence-corrected chi connectivity index (χ0v) is 24.7. The Balaban J connectivity index is 1.35. The fourth-order valence-electron chi connectivity index (χ4n) is 5.11. The second-order valence-corrected chi connectivity index (χ2v) is 16.0. The van der Waals surface area contributed by atoms with Gasteiger partial charge in [0, 0.05) is 0 Å². The molecule has 4 heteroatoms. The molecule has 2 rings (SSSR count). The van der Waals surface area contributed by atoms with Crippen LogP contribution in [0.1, 0.15) is 157 Å². The van der Waals surface area contributed by atoms with Gasteiger partial charge >= 0.3 is 168 Å². The predicted octanol–water partition coefficient (Wildman–Crippen LogP) is 9.34. The molecule has 2 aliphatic heterocycles. The van der Waals surface area contributed by atoms with Crippen molar-refractivity contribution in [3.05, 3.63) is 0 Å². The molecule has 2 atom stereocenters. The van der Waals surface area contributed by atoms with Crippen molar-refractivity contribution in [2.45, 2.75) is 176 Å². The summed E-state index contributed by atoms with van der Waals surface area (Å²) < 4.78 is 14.5. The molecule has 0 saturated carbocycles. The van der Waals surface area contributed by atoms with Crippen LogP contribution in [0.2, 0.25) is 7.83 Å². The van der Waals surface area contributed by atoms with Gasteiger partial charge in [0.05, 0.1) is 0 Å². The summed E-state index contributed by atoms with van der Waals surface area (Å²) in [5, 5.41) is 0. The van der Waals surface area contributed by atoms with Crippen LogP contribution in [0.3, 0.4) is 0 Å². The van der Waals surface area contributed by atoms with Gasteiger partial charge < -0.3 is 0 Å². The molecule has 2 saturated heterocycles. The third-order valence-electron chi connectivity index (χ3n) is 8.10. The molecule has 2 aliphatic rings. The van der Waals surface area contributed by atoms with Crippen molar-refractivity contribution < 1.29 is 9.31 Å². The van der Waals surface area contributed by atoms with E-state index in [9.17, 15) is 0 Å². The van der Waals surface area contributed by atoms with Crippen molar-refractivity contribution in [1.29, 1.82) is 0 Å². The van der Waals surface area contributed by atoms with Gasteiger partial charge in [-0.2, -0.15) is 0 Å². The van der Waals surface area contributed by atoms with Crippen LogP contribution < -0.4 is 0 Å². The van der Waals surface area contributed by atoms with Gasteiger partial charge in [0.15, 0.2) is 0 Å². The Kier molecular flexibility index (Phi) is 14.2. The van der Waals surface area contributed by atoms with E-state index in [1.165, 1.54) is 122 Å². The molecule has 2 fully saturated rings. The van der Waals surface area contributed by atoms with E-state index in [2.05, 4.69) is 34.6 Å². The third-order valence-corrected chi connectivity index (χ3v) is 12.8. The van der Waals surface area contributed by atoms with E-state index in [0.29, 0.717) is 0 Å². The Morgan fingerprint density at radius 1 is 0.625 bits per heavy atom. The SMILES string of the molecule is CCCCCCCCCCCCCCCCCCC1CCC(B2OC(C)(C)C(C)(C)O2)[Te]1. The molecule has 0 radical (unpaired) electrons. The van der Waals surface area contributed by atoms with E-state index in [0.717, 1.165) is 7.83 Å².